The van der Waals surface area contributed by atoms with Crippen molar-refractivity contribution in [2.24, 2.45) is 4.99 Å². The lowest BCUT2D eigenvalue weighted by molar-refractivity contribution is -0.116. The lowest BCUT2D eigenvalue weighted by Gasteiger charge is -2.38. The summed E-state index contributed by atoms with van der Waals surface area (Å²) in [7, 11) is 3.46. The fourth-order valence-electron chi connectivity index (χ4n) is 4.65. The molecule has 2 aromatic carbocycles. The van der Waals surface area contributed by atoms with Crippen LogP contribution in [0.5, 0.6) is 5.75 Å². The van der Waals surface area contributed by atoms with Crippen molar-refractivity contribution in [3.8, 4) is 5.75 Å². The summed E-state index contributed by atoms with van der Waals surface area (Å²) in [5.74, 6) is 1.77. The van der Waals surface area contributed by atoms with E-state index in [4.69, 9.17) is 9.47 Å². The summed E-state index contributed by atoms with van der Waals surface area (Å²) in [4.78, 5) is 16.5. The minimum Gasteiger partial charge on any atom is -0.497 e. The maximum atomic E-state index is 12.1. The molecular formula is C25H33IN4O3. The van der Waals surface area contributed by atoms with Crippen LogP contribution >= 0.6 is 24.0 Å². The Hall–Kier alpha value is -2.33. The summed E-state index contributed by atoms with van der Waals surface area (Å²) in [6.45, 7) is 2.88. The van der Waals surface area contributed by atoms with E-state index in [1.165, 1.54) is 5.56 Å². The third-order valence-electron chi connectivity index (χ3n) is 6.59. The van der Waals surface area contributed by atoms with E-state index in [0.29, 0.717) is 13.0 Å². The van der Waals surface area contributed by atoms with Gasteiger partial charge in [0, 0.05) is 56.8 Å². The molecule has 2 aromatic rings. The average Bonchev–Trinajstić information content (AvgIpc) is 2.84. The van der Waals surface area contributed by atoms with Crippen molar-refractivity contribution in [1.82, 2.24) is 10.6 Å². The number of fused-ring (bicyclic) bond motifs is 1. The van der Waals surface area contributed by atoms with Gasteiger partial charge < -0.3 is 25.4 Å². The van der Waals surface area contributed by atoms with Crippen molar-refractivity contribution in [2.45, 2.75) is 30.6 Å². The molecule has 2 heterocycles. The molecule has 3 N–H and O–H groups in total. The molecule has 7 nitrogen and oxygen atoms in total. The fraction of sp³-hybridized carbons (Fsp3) is 0.440. The Morgan fingerprint density at radius 1 is 1.15 bits per heavy atom. The smallest absolute Gasteiger partial charge is 0.225 e. The molecule has 0 bridgehead atoms. The zero-order chi connectivity index (χ0) is 22.4. The summed E-state index contributed by atoms with van der Waals surface area (Å²) in [6.07, 6.45) is 2.35. The van der Waals surface area contributed by atoms with E-state index >= 15 is 0 Å². The number of carbonyl (C=O) groups is 1. The van der Waals surface area contributed by atoms with Crippen LogP contribution < -0.4 is 20.7 Å². The molecule has 2 aliphatic heterocycles. The van der Waals surface area contributed by atoms with Gasteiger partial charge in [0.05, 0.1) is 7.11 Å². The molecule has 8 heteroatoms. The van der Waals surface area contributed by atoms with Crippen LogP contribution in [0.3, 0.4) is 0 Å². The molecule has 0 spiro atoms. The second kappa shape index (κ2) is 11.7. The molecule has 178 valence electrons. The molecule has 4 rings (SSSR count). The number of amides is 1. The maximum absolute atomic E-state index is 12.1. The Balaban J connectivity index is 0.00000306. The molecule has 1 amide bonds. The number of hydrogen-bond donors (Lipinski definition) is 3. The normalized spacial score (nSPS) is 19.5. The number of rotatable bonds is 6. The zero-order valence-corrected chi connectivity index (χ0v) is 21.6. The molecule has 33 heavy (non-hydrogen) atoms. The first-order valence-electron chi connectivity index (χ1n) is 11.2. The SMILES string of the molecule is CN=C(NCC1CC(=O)Nc2ccccc21)NCC1(c2ccc(OC)cc2)CCOCC1.I. The van der Waals surface area contributed by atoms with Gasteiger partial charge in [-0.25, -0.2) is 0 Å². The Morgan fingerprint density at radius 3 is 2.58 bits per heavy atom. The topological polar surface area (TPSA) is 84.0 Å². The summed E-state index contributed by atoms with van der Waals surface area (Å²) in [6, 6.07) is 16.3. The van der Waals surface area contributed by atoms with Crippen molar-refractivity contribution in [3.05, 3.63) is 59.7 Å². The van der Waals surface area contributed by atoms with Gasteiger partial charge >= 0.3 is 0 Å². The molecule has 0 aromatic heterocycles. The van der Waals surface area contributed by atoms with Gasteiger partial charge in [-0.3, -0.25) is 9.79 Å². The number of carbonyl (C=O) groups excluding carboxylic acids is 1. The lowest BCUT2D eigenvalue weighted by Crippen LogP contribution is -2.48. The van der Waals surface area contributed by atoms with E-state index in [1.807, 2.05) is 30.3 Å². The van der Waals surface area contributed by atoms with Crippen molar-refractivity contribution < 1.29 is 14.3 Å². The van der Waals surface area contributed by atoms with Crippen LogP contribution in [-0.4, -0.2) is 52.3 Å². The number of guanidine groups is 1. The van der Waals surface area contributed by atoms with Crippen LogP contribution in [0.15, 0.2) is 53.5 Å². The quantitative estimate of drug-likeness (QED) is 0.284. The summed E-state index contributed by atoms with van der Waals surface area (Å²) in [5.41, 5.74) is 3.32. The Kier molecular flexibility index (Phi) is 8.96. The van der Waals surface area contributed by atoms with E-state index in [9.17, 15) is 4.79 Å². The third-order valence-corrected chi connectivity index (χ3v) is 6.59. The van der Waals surface area contributed by atoms with E-state index in [-0.39, 0.29) is 41.2 Å². The van der Waals surface area contributed by atoms with Crippen LogP contribution in [0.1, 0.15) is 36.3 Å². The van der Waals surface area contributed by atoms with Gasteiger partial charge in [-0.15, -0.1) is 24.0 Å². The number of nitrogens with zero attached hydrogens (tertiary/aromatic N) is 1. The molecule has 1 fully saturated rings. The van der Waals surface area contributed by atoms with E-state index in [0.717, 1.165) is 55.6 Å². The highest BCUT2D eigenvalue weighted by atomic mass is 127. The minimum absolute atomic E-state index is 0. The van der Waals surface area contributed by atoms with Gasteiger partial charge in [-0.05, 0) is 42.2 Å². The second-order valence-corrected chi connectivity index (χ2v) is 8.46. The number of methoxy groups -OCH3 is 1. The van der Waals surface area contributed by atoms with Gasteiger partial charge in [-0.2, -0.15) is 0 Å². The van der Waals surface area contributed by atoms with Gasteiger partial charge in [-0.1, -0.05) is 30.3 Å². The Labute approximate surface area is 212 Å². The number of aliphatic imine (C=N–C) groups is 1. The molecular weight excluding hydrogens is 531 g/mol. The Morgan fingerprint density at radius 2 is 1.88 bits per heavy atom. The van der Waals surface area contributed by atoms with Gasteiger partial charge in [0.15, 0.2) is 5.96 Å². The molecule has 0 aliphatic carbocycles. The molecule has 0 radical (unpaired) electrons. The highest BCUT2D eigenvalue weighted by molar-refractivity contribution is 14.0. The summed E-state index contributed by atoms with van der Waals surface area (Å²) < 4.78 is 11.0. The number of hydrogen-bond acceptors (Lipinski definition) is 4. The second-order valence-electron chi connectivity index (χ2n) is 8.46. The number of para-hydroxylation sites is 1. The summed E-state index contributed by atoms with van der Waals surface area (Å²) in [5, 5.41) is 9.93. The number of halogens is 1. The zero-order valence-electron chi connectivity index (χ0n) is 19.2. The highest BCUT2D eigenvalue weighted by Crippen LogP contribution is 2.35. The van der Waals surface area contributed by atoms with E-state index in [2.05, 4.69) is 39.1 Å². The van der Waals surface area contributed by atoms with Crippen molar-refractivity contribution in [1.29, 1.82) is 0 Å². The predicted molar refractivity (Wildman–Crippen MR) is 142 cm³/mol. The maximum Gasteiger partial charge on any atom is 0.225 e. The van der Waals surface area contributed by atoms with Crippen LogP contribution in [0, 0.1) is 0 Å². The van der Waals surface area contributed by atoms with Crippen molar-refractivity contribution in [2.75, 3.05) is 45.8 Å². The van der Waals surface area contributed by atoms with Gasteiger partial charge in [0.25, 0.3) is 0 Å². The number of anilines is 1. The standard InChI is InChI=1S/C25H32N4O3.HI/c1-26-24(27-16-18-15-23(30)29-22-6-4-3-5-21(18)22)28-17-25(11-13-32-14-12-25)19-7-9-20(31-2)10-8-19;/h3-10,18H,11-17H2,1-2H3,(H,29,30)(H2,26,27,28);1H. The molecule has 1 unspecified atom stereocenters. The monoisotopic (exact) mass is 564 g/mol. The van der Waals surface area contributed by atoms with Crippen LogP contribution in [0.25, 0.3) is 0 Å². The van der Waals surface area contributed by atoms with Gasteiger partial charge in [0.2, 0.25) is 5.91 Å². The molecule has 0 saturated carbocycles. The molecule has 1 saturated heterocycles. The fourth-order valence-corrected chi connectivity index (χ4v) is 4.65. The van der Waals surface area contributed by atoms with E-state index in [1.54, 1.807) is 14.2 Å². The van der Waals surface area contributed by atoms with Crippen LogP contribution in [0.2, 0.25) is 0 Å². The number of ether oxygens (including phenoxy) is 2. The first kappa shape index (κ1) is 25.3. The van der Waals surface area contributed by atoms with E-state index < -0.39 is 0 Å². The molecule has 1 atom stereocenters. The largest absolute Gasteiger partial charge is 0.497 e. The van der Waals surface area contributed by atoms with Crippen molar-refractivity contribution >= 4 is 41.5 Å². The minimum atomic E-state index is -0.0283. The number of nitrogens with one attached hydrogen (secondary N) is 3. The number of benzene rings is 2. The van der Waals surface area contributed by atoms with Gasteiger partial charge in [0.1, 0.15) is 5.75 Å². The predicted octanol–water partition coefficient (Wildman–Crippen LogP) is 3.65. The Bertz CT molecular complexity index is 958. The first-order valence-corrected chi connectivity index (χ1v) is 11.2. The van der Waals surface area contributed by atoms with Crippen LogP contribution in [-0.2, 0) is 14.9 Å². The van der Waals surface area contributed by atoms with Crippen LogP contribution in [0.4, 0.5) is 5.69 Å². The third kappa shape index (κ3) is 5.97. The average molecular weight is 564 g/mol. The van der Waals surface area contributed by atoms with Crippen molar-refractivity contribution in [3.63, 3.8) is 0 Å². The first-order chi connectivity index (χ1) is 15.6. The summed E-state index contributed by atoms with van der Waals surface area (Å²) >= 11 is 0. The highest BCUT2D eigenvalue weighted by Gasteiger charge is 2.35. The molecule has 2 aliphatic rings. The lowest BCUT2D eigenvalue weighted by atomic mass is 9.74.